The topological polar surface area (TPSA) is 45.9 Å². The quantitative estimate of drug-likeness (QED) is 0.709. The fraction of sp³-hybridized carbons (Fsp3) is 0.111. The molecule has 0 amide bonds. The molecule has 0 radical (unpaired) electrons. The van der Waals surface area contributed by atoms with Crippen molar-refractivity contribution in [3.8, 4) is 22.4 Å². The van der Waals surface area contributed by atoms with E-state index in [1.165, 1.54) is 0 Å². The molecule has 0 aliphatic heterocycles. The third-order valence-electron chi connectivity index (χ3n) is 3.18. The van der Waals surface area contributed by atoms with Gasteiger partial charge in [0.25, 0.3) is 0 Å². The van der Waals surface area contributed by atoms with Gasteiger partial charge in [-0.25, -0.2) is 4.98 Å². The highest BCUT2D eigenvalue weighted by Crippen LogP contribution is 2.25. The lowest BCUT2D eigenvalue weighted by Gasteiger charge is -2.07. The van der Waals surface area contributed by atoms with Crippen molar-refractivity contribution in [1.82, 2.24) is 4.98 Å². The molecule has 0 bridgehead atoms. The first-order valence-electron chi connectivity index (χ1n) is 6.89. The van der Waals surface area contributed by atoms with Gasteiger partial charge in [-0.15, -0.1) is 11.3 Å². The van der Waals surface area contributed by atoms with E-state index in [9.17, 15) is 0 Å². The zero-order valence-electron chi connectivity index (χ0n) is 12.1. The van der Waals surface area contributed by atoms with Crippen LogP contribution >= 0.6 is 11.3 Å². The van der Waals surface area contributed by atoms with Crippen molar-refractivity contribution in [3.63, 3.8) is 0 Å². The van der Waals surface area contributed by atoms with Crippen molar-refractivity contribution in [2.24, 2.45) is 0 Å². The molecule has 0 saturated heterocycles. The molecule has 0 unspecified atom stereocenters. The van der Waals surface area contributed by atoms with Gasteiger partial charge < -0.3 is 4.74 Å². The van der Waals surface area contributed by atoms with Crippen LogP contribution in [0.5, 0.6) is 5.75 Å². The number of rotatable bonds is 4. The van der Waals surface area contributed by atoms with Crippen LogP contribution < -0.4 is 4.74 Å². The summed E-state index contributed by atoms with van der Waals surface area (Å²) in [5, 5.41) is 12.0. The molecular formula is C18H14N2OS. The number of thiazole rings is 1. The second-order valence-electron chi connectivity index (χ2n) is 4.92. The van der Waals surface area contributed by atoms with Crippen LogP contribution in [0.25, 0.3) is 10.6 Å². The Morgan fingerprint density at radius 1 is 1.18 bits per heavy atom. The van der Waals surface area contributed by atoms with Gasteiger partial charge in [-0.1, -0.05) is 12.1 Å². The Morgan fingerprint density at radius 3 is 2.68 bits per heavy atom. The van der Waals surface area contributed by atoms with E-state index >= 15 is 0 Å². The molecule has 3 nitrogen and oxygen atoms in total. The molecule has 0 fully saturated rings. The monoisotopic (exact) mass is 306 g/mol. The molecule has 1 heterocycles. The van der Waals surface area contributed by atoms with Crippen molar-refractivity contribution in [1.29, 1.82) is 5.26 Å². The van der Waals surface area contributed by atoms with Gasteiger partial charge in [0.1, 0.15) is 17.4 Å². The number of aryl methyl sites for hydroxylation is 1. The highest BCUT2D eigenvalue weighted by atomic mass is 32.1. The Balaban J connectivity index is 1.67. The molecule has 3 rings (SSSR count). The van der Waals surface area contributed by atoms with Gasteiger partial charge in [-0.2, -0.15) is 5.26 Å². The van der Waals surface area contributed by atoms with E-state index in [1.807, 2.05) is 54.8 Å². The zero-order valence-corrected chi connectivity index (χ0v) is 12.9. The van der Waals surface area contributed by atoms with E-state index in [1.54, 1.807) is 17.4 Å². The predicted molar refractivity (Wildman–Crippen MR) is 87.8 cm³/mol. The maximum atomic E-state index is 8.89. The molecule has 0 N–H and O–H groups in total. The third kappa shape index (κ3) is 3.33. The molecule has 0 spiro atoms. The summed E-state index contributed by atoms with van der Waals surface area (Å²) < 4.78 is 5.76. The summed E-state index contributed by atoms with van der Waals surface area (Å²) in [5.74, 6) is 0.805. The van der Waals surface area contributed by atoms with Crippen LogP contribution in [0.4, 0.5) is 0 Å². The average molecular weight is 306 g/mol. The lowest BCUT2D eigenvalue weighted by molar-refractivity contribution is 0.306. The molecule has 108 valence electrons. The first kappa shape index (κ1) is 14.3. The van der Waals surface area contributed by atoms with E-state index in [4.69, 9.17) is 10.00 Å². The van der Waals surface area contributed by atoms with E-state index < -0.39 is 0 Å². The third-order valence-corrected chi connectivity index (χ3v) is 4.19. The van der Waals surface area contributed by atoms with Crippen molar-refractivity contribution in [3.05, 3.63) is 70.7 Å². The molecule has 0 atom stereocenters. The highest BCUT2D eigenvalue weighted by Gasteiger charge is 2.03. The minimum atomic E-state index is 0.450. The minimum Gasteiger partial charge on any atom is -0.489 e. The van der Waals surface area contributed by atoms with Crippen LogP contribution in [0.1, 0.15) is 16.8 Å². The maximum absolute atomic E-state index is 8.89. The van der Waals surface area contributed by atoms with Crippen molar-refractivity contribution in [2.75, 3.05) is 0 Å². The average Bonchev–Trinajstić information content (AvgIpc) is 3.00. The summed E-state index contributed by atoms with van der Waals surface area (Å²) >= 11 is 1.64. The minimum absolute atomic E-state index is 0.450. The molecule has 2 aromatic carbocycles. The fourth-order valence-electron chi connectivity index (χ4n) is 2.08. The largest absolute Gasteiger partial charge is 0.489 e. The number of benzene rings is 2. The molecule has 0 aliphatic rings. The summed E-state index contributed by atoms with van der Waals surface area (Å²) in [6.07, 6.45) is 0. The molecule has 1 aromatic heterocycles. The smallest absolute Gasteiger partial charge is 0.123 e. The first-order chi connectivity index (χ1) is 10.7. The van der Waals surface area contributed by atoms with Crippen LogP contribution in [0.3, 0.4) is 0 Å². The first-order valence-corrected chi connectivity index (χ1v) is 7.77. The van der Waals surface area contributed by atoms with Gasteiger partial charge in [0.2, 0.25) is 0 Å². The molecule has 3 aromatic rings. The number of hydrogen-bond acceptors (Lipinski definition) is 4. The van der Waals surface area contributed by atoms with Crippen LogP contribution in [0, 0.1) is 18.3 Å². The molecule has 0 aliphatic carbocycles. The number of nitrogens with zero attached hydrogens (tertiary/aromatic N) is 2. The summed E-state index contributed by atoms with van der Waals surface area (Å²) in [7, 11) is 0. The zero-order chi connectivity index (χ0) is 15.4. The van der Waals surface area contributed by atoms with E-state index in [0.29, 0.717) is 12.2 Å². The summed E-state index contributed by atoms with van der Waals surface area (Å²) in [4.78, 5) is 4.47. The Kier molecular flexibility index (Phi) is 4.17. The second kappa shape index (κ2) is 6.42. The SMILES string of the molecule is Cc1csc(-c2ccc(OCc3cccc(C#N)c3)cc2)n1. The van der Waals surface area contributed by atoms with E-state index in [0.717, 1.165) is 27.6 Å². The van der Waals surface area contributed by atoms with Crippen LogP contribution in [0.2, 0.25) is 0 Å². The van der Waals surface area contributed by atoms with E-state index in [2.05, 4.69) is 11.1 Å². The fourth-order valence-corrected chi connectivity index (χ4v) is 2.88. The summed E-state index contributed by atoms with van der Waals surface area (Å²) in [6, 6.07) is 17.5. The number of hydrogen-bond donors (Lipinski definition) is 0. The van der Waals surface area contributed by atoms with Gasteiger partial charge in [-0.3, -0.25) is 0 Å². The van der Waals surface area contributed by atoms with E-state index in [-0.39, 0.29) is 0 Å². The van der Waals surface area contributed by atoms with Gasteiger partial charge >= 0.3 is 0 Å². The number of nitriles is 1. The highest BCUT2D eigenvalue weighted by molar-refractivity contribution is 7.13. The Bertz CT molecular complexity index is 816. The lowest BCUT2D eigenvalue weighted by Crippen LogP contribution is -1.95. The van der Waals surface area contributed by atoms with Crippen LogP contribution in [0.15, 0.2) is 53.9 Å². The molecular weight excluding hydrogens is 292 g/mol. The molecule has 0 saturated carbocycles. The van der Waals surface area contributed by atoms with Crippen molar-refractivity contribution < 1.29 is 4.74 Å². The lowest BCUT2D eigenvalue weighted by atomic mass is 10.1. The number of aromatic nitrogens is 1. The number of ether oxygens (including phenoxy) is 1. The Labute approximate surface area is 133 Å². The predicted octanol–water partition coefficient (Wildman–Crippen LogP) is 4.57. The summed E-state index contributed by atoms with van der Waals surface area (Å²) in [6.45, 7) is 2.44. The molecule has 4 heteroatoms. The van der Waals surface area contributed by atoms with Gasteiger partial charge in [-0.05, 0) is 48.9 Å². The molecule has 22 heavy (non-hydrogen) atoms. The van der Waals surface area contributed by atoms with Gasteiger partial charge in [0.15, 0.2) is 0 Å². The Hall–Kier alpha value is -2.64. The van der Waals surface area contributed by atoms with Crippen molar-refractivity contribution >= 4 is 11.3 Å². The maximum Gasteiger partial charge on any atom is 0.123 e. The standard InChI is InChI=1S/C18H14N2OS/c1-13-12-22-18(20-13)16-5-7-17(8-6-16)21-11-15-4-2-3-14(9-15)10-19/h2-9,12H,11H2,1H3. The normalized spacial score (nSPS) is 10.2. The van der Waals surface area contributed by atoms with Crippen LogP contribution in [-0.4, -0.2) is 4.98 Å². The second-order valence-corrected chi connectivity index (χ2v) is 5.78. The van der Waals surface area contributed by atoms with Crippen molar-refractivity contribution in [2.45, 2.75) is 13.5 Å². The van der Waals surface area contributed by atoms with Gasteiger partial charge in [0, 0.05) is 16.6 Å². The Morgan fingerprint density at radius 2 is 2.00 bits per heavy atom. The summed E-state index contributed by atoms with van der Waals surface area (Å²) in [5.41, 5.74) is 3.77. The van der Waals surface area contributed by atoms with Crippen LogP contribution in [-0.2, 0) is 6.61 Å². The van der Waals surface area contributed by atoms with Gasteiger partial charge in [0.05, 0.1) is 11.6 Å².